The van der Waals surface area contributed by atoms with E-state index in [1.807, 2.05) is 0 Å². The third-order valence-electron chi connectivity index (χ3n) is 18.0. The molecule has 0 spiro atoms. The summed E-state index contributed by atoms with van der Waals surface area (Å²) in [4.78, 5) is 72.6. The Bertz CT molecular complexity index is 1840. The molecule has 0 amide bonds. The molecule has 0 radical (unpaired) electrons. The van der Waals surface area contributed by atoms with E-state index in [4.69, 9.17) is 37.0 Å². The van der Waals surface area contributed by atoms with Crippen molar-refractivity contribution < 1.29 is 80.2 Å². The normalized spacial score (nSPS) is 13.9. The third-order valence-corrected chi connectivity index (χ3v) is 19.9. The number of phosphoric acid groups is 2. The molecule has 19 heteroatoms. The molecule has 0 rings (SSSR count). The van der Waals surface area contributed by atoms with E-state index < -0.39 is 97.5 Å². The second-order valence-corrected chi connectivity index (χ2v) is 31.1. The lowest BCUT2D eigenvalue weighted by Crippen LogP contribution is -2.30. The van der Waals surface area contributed by atoms with Crippen LogP contribution in [-0.4, -0.2) is 96.7 Å². The Hall–Kier alpha value is -1.94. The quantitative estimate of drug-likeness (QED) is 0.0222. The van der Waals surface area contributed by atoms with Crippen LogP contribution < -0.4 is 0 Å². The van der Waals surface area contributed by atoms with Gasteiger partial charge in [0, 0.05) is 25.7 Å². The van der Waals surface area contributed by atoms with E-state index in [1.165, 1.54) is 225 Å². The maximum atomic E-state index is 13.1. The van der Waals surface area contributed by atoms with Gasteiger partial charge in [0.05, 0.1) is 26.4 Å². The minimum Gasteiger partial charge on any atom is -0.462 e. The zero-order valence-electron chi connectivity index (χ0n) is 62.5. The van der Waals surface area contributed by atoms with Gasteiger partial charge in [-0.3, -0.25) is 37.3 Å². The Morgan fingerprint density at radius 3 is 0.708 bits per heavy atom. The molecular weight excluding hydrogens is 1260 g/mol. The first kappa shape index (κ1) is 94.1. The standard InChI is InChI=1S/C77H150O17P2/c1-6-9-12-15-17-19-21-23-25-26-27-28-29-30-31-35-40-44-48-53-58-63-77(82)94-73(67-88-75(80)61-56-51-46-42-38-36-32-33-37-41-45-50-54-59-70(4)5)69-92-96(85,86)90-65-71(78)64-89-95(83,84)91-68-72(66-87-74(79)60-55-49-14-11-8-3)93-76(81)62-57-52-47-43-39-34-24-22-20-18-16-13-10-7-2/h70-73,78H,6-69H2,1-5H3,(H,83,84)(H,85,86)/t71-,72+,73+/m0/s1. The summed E-state index contributed by atoms with van der Waals surface area (Å²) in [6, 6.07) is 0. The average Bonchev–Trinajstić information content (AvgIpc) is 1.32. The number of hydrogen-bond acceptors (Lipinski definition) is 15. The van der Waals surface area contributed by atoms with Gasteiger partial charge in [0.2, 0.25) is 0 Å². The zero-order valence-corrected chi connectivity index (χ0v) is 64.3. The summed E-state index contributed by atoms with van der Waals surface area (Å²) in [5.74, 6) is -1.33. The van der Waals surface area contributed by atoms with Crippen LogP contribution in [0.2, 0.25) is 0 Å². The highest BCUT2D eigenvalue weighted by molar-refractivity contribution is 7.47. The lowest BCUT2D eigenvalue weighted by Gasteiger charge is -2.21. The molecule has 0 bridgehead atoms. The topological polar surface area (TPSA) is 237 Å². The van der Waals surface area contributed by atoms with Crippen LogP contribution in [-0.2, 0) is 65.4 Å². The molecule has 0 aromatic heterocycles. The summed E-state index contributed by atoms with van der Waals surface area (Å²) < 4.78 is 68.3. The van der Waals surface area contributed by atoms with Gasteiger partial charge in [0.15, 0.2) is 12.2 Å². The molecule has 5 atom stereocenters. The summed E-state index contributed by atoms with van der Waals surface area (Å²) >= 11 is 0. The van der Waals surface area contributed by atoms with Gasteiger partial charge in [-0.25, -0.2) is 9.13 Å². The number of aliphatic hydroxyl groups excluding tert-OH is 1. The summed E-state index contributed by atoms with van der Waals surface area (Å²) in [6.07, 6.45) is 60.1. The van der Waals surface area contributed by atoms with Crippen molar-refractivity contribution in [1.82, 2.24) is 0 Å². The Labute approximate surface area is 588 Å². The molecule has 0 aliphatic heterocycles. The maximum absolute atomic E-state index is 13.1. The Morgan fingerprint density at radius 1 is 0.281 bits per heavy atom. The van der Waals surface area contributed by atoms with Crippen molar-refractivity contribution >= 4 is 39.5 Å². The van der Waals surface area contributed by atoms with Crippen LogP contribution in [0.3, 0.4) is 0 Å². The minimum absolute atomic E-state index is 0.107. The molecule has 0 fully saturated rings. The second-order valence-electron chi connectivity index (χ2n) is 28.2. The molecule has 0 aliphatic carbocycles. The SMILES string of the molecule is CCCCCCCCCCCCCCCCCCCCCCCC(=O)O[C@H](COC(=O)CCCCCCCCCCCCCCCC(C)C)COP(=O)(O)OC[C@@H](O)COP(=O)(O)OC[C@@H](COC(=O)CCCCCCC)OC(=O)CCCCCCCCCCCCCCCC. The number of carbonyl (C=O) groups excluding carboxylic acids is 4. The minimum atomic E-state index is -4.96. The van der Waals surface area contributed by atoms with E-state index in [0.717, 1.165) is 102 Å². The molecule has 2 unspecified atom stereocenters. The lowest BCUT2D eigenvalue weighted by atomic mass is 10.0. The van der Waals surface area contributed by atoms with Crippen LogP contribution in [0.4, 0.5) is 0 Å². The van der Waals surface area contributed by atoms with Crippen LogP contribution in [0.25, 0.3) is 0 Å². The average molecular weight is 1410 g/mol. The third kappa shape index (κ3) is 70.5. The van der Waals surface area contributed by atoms with E-state index in [0.29, 0.717) is 25.7 Å². The summed E-state index contributed by atoms with van der Waals surface area (Å²) in [5.41, 5.74) is 0. The smallest absolute Gasteiger partial charge is 0.462 e. The van der Waals surface area contributed by atoms with E-state index in [9.17, 15) is 43.2 Å². The second kappa shape index (κ2) is 70.1. The zero-order chi connectivity index (χ0) is 70.5. The van der Waals surface area contributed by atoms with Crippen molar-refractivity contribution in [3.05, 3.63) is 0 Å². The van der Waals surface area contributed by atoms with Gasteiger partial charge in [-0.2, -0.15) is 0 Å². The number of esters is 4. The molecule has 17 nitrogen and oxygen atoms in total. The summed E-state index contributed by atoms with van der Waals surface area (Å²) in [6.45, 7) is 7.23. The first-order valence-electron chi connectivity index (χ1n) is 40.1. The number of ether oxygens (including phenoxy) is 4. The fraction of sp³-hybridized carbons (Fsp3) is 0.948. The van der Waals surface area contributed by atoms with E-state index in [-0.39, 0.29) is 25.7 Å². The van der Waals surface area contributed by atoms with Crippen LogP contribution in [0, 0.1) is 5.92 Å². The van der Waals surface area contributed by atoms with E-state index >= 15 is 0 Å². The fourth-order valence-corrected chi connectivity index (χ4v) is 13.5. The van der Waals surface area contributed by atoms with Crippen molar-refractivity contribution in [2.45, 2.75) is 425 Å². The molecular formula is C77H150O17P2. The van der Waals surface area contributed by atoms with Crippen molar-refractivity contribution in [2.24, 2.45) is 5.92 Å². The van der Waals surface area contributed by atoms with Crippen LogP contribution >= 0.6 is 15.6 Å². The monoisotopic (exact) mass is 1410 g/mol. The van der Waals surface area contributed by atoms with Crippen molar-refractivity contribution in [1.29, 1.82) is 0 Å². The summed E-state index contributed by atoms with van der Waals surface area (Å²) in [5, 5.41) is 10.6. The van der Waals surface area contributed by atoms with Gasteiger partial charge in [0.25, 0.3) is 0 Å². The van der Waals surface area contributed by atoms with Gasteiger partial charge in [-0.05, 0) is 31.6 Å². The van der Waals surface area contributed by atoms with Crippen LogP contribution in [0.1, 0.15) is 407 Å². The Morgan fingerprint density at radius 2 is 0.479 bits per heavy atom. The number of hydrogen-bond donors (Lipinski definition) is 3. The number of aliphatic hydroxyl groups is 1. The van der Waals surface area contributed by atoms with E-state index in [1.54, 1.807) is 0 Å². The number of carbonyl (C=O) groups is 4. The summed E-state index contributed by atoms with van der Waals surface area (Å²) in [7, 11) is -9.90. The number of phosphoric ester groups is 2. The molecule has 0 aromatic carbocycles. The molecule has 0 saturated heterocycles. The fourth-order valence-electron chi connectivity index (χ4n) is 11.9. The molecule has 0 aliphatic rings. The highest BCUT2D eigenvalue weighted by atomic mass is 31.2. The number of unbranched alkanes of at least 4 members (excludes halogenated alkanes) is 49. The molecule has 0 heterocycles. The molecule has 570 valence electrons. The van der Waals surface area contributed by atoms with Gasteiger partial charge in [-0.1, -0.05) is 356 Å². The predicted octanol–water partition coefficient (Wildman–Crippen LogP) is 22.9. The molecule has 0 aromatic rings. The van der Waals surface area contributed by atoms with Crippen molar-refractivity contribution in [3.63, 3.8) is 0 Å². The lowest BCUT2D eigenvalue weighted by molar-refractivity contribution is -0.161. The van der Waals surface area contributed by atoms with Gasteiger partial charge in [0.1, 0.15) is 19.3 Å². The van der Waals surface area contributed by atoms with Crippen LogP contribution in [0.15, 0.2) is 0 Å². The van der Waals surface area contributed by atoms with Crippen molar-refractivity contribution in [3.8, 4) is 0 Å². The highest BCUT2D eigenvalue weighted by Crippen LogP contribution is 2.45. The maximum Gasteiger partial charge on any atom is 0.472 e. The van der Waals surface area contributed by atoms with Gasteiger partial charge < -0.3 is 33.8 Å². The Balaban J connectivity index is 5.12. The first-order valence-corrected chi connectivity index (χ1v) is 43.1. The van der Waals surface area contributed by atoms with Crippen LogP contribution in [0.5, 0.6) is 0 Å². The molecule has 3 N–H and O–H groups in total. The highest BCUT2D eigenvalue weighted by Gasteiger charge is 2.30. The molecule has 96 heavy (non-hydrogen) atoms. The largest absolute Gasteiger partial charge is 0.472 e. The Kier molecular flexibility index (Phi) is 68.7. The first-order chi connectivity index (χ1) is 46.5. The molecule has 0 saturated carbocycles. The van der Waals surface area contributed by atoms with Gasteiger partial charge in [-0.15, -0.1) is 0 Å². The van der Waals surface area contributed by atoms with Crippen molar-refractivity contribution in [2.75, 3.05) is 39.6 Å². The van der Waals surface area contributed by atoms with Gasteiger partial charge >= 0.3 is 39.5 Å². The predicted molar refractivity (Wildman–Crippen MR) is 391 cm³/mol. The van der Waals surface area contributed by atoms with E-state index in [2.05, 4.69) is 34.6 Å². The number of rotatable bonds is 77.